The smallest absolute Gasteiger partial charge is 0.345 e. The standard InChI is InChI=1S/C20H38N6O.HI/c1-6-21-18(23-16(2)11-12-20(3,4)5)22-13-9-15-26-19(27)25-14-8-7-10-17(25)24-26;/h16H,6-15H2,1-5H3,(H2,21,22,23);1H. The first-order valence-electron chi connectivity index (χ1n) is 10.5. The number of aromatic nitrogens is 3. The van der Waals surface area contributed by atoms with Crippen LogP contribution in [0.3, 0.4) is 0 Å². The first kappa shape index (κ1) is 25.0. The maximum Gasteiger partial charge on any atom is 0.345 e. The lowest BCUT2D eigenvalue weighted by Crippen LogP contribution is -2.42. The Kier molecular flexibility index (Phi) is 10.5. The van der Waals surface area contributed by atoms with Crippen molar-refractivity contribution < 1.29 is 0 Å². The van der Waals surface area contributed by atoms with Crippen molar-refractivity contribution in [3.8, 4) is 0 Å². The number of hydrogen-bond donors (Lipinski definition) is 2. The molecule has 162 valence electrons. The molecule has 2 rings (SSSR count). The highest BCUT2D eigenvalue weighted by atomic mass is 127. The summed E-state index contributed by atoms with van der Waals surface area (Å²) in [6.45, 7) is 14.0. The minimum absolute atomic E-state index is 0. The predicted octanol–water partition coefficient (Wildman–Crippen LogP) is 3.16. The quantitative estimate of drug-likeness (QED) is 0.246. The third-order valence-electron chi connectivity index (χ3n) is 4.88. The average molecular weight is 506 g/mol. The highest BCUT2D eigenvalue weighted by Gasteiger charge is 2.16. The molecule has 28 heavy (non-hydrogen) atoms. The average Bonchev–Trinajstić information content (AvgIpc) is 2.93. The zero-order valence-corrected chi connectivity index (χ0v) is 20.6. The van der Waals surface area contributed by atoms with Gasteiger partial charge in [0.05, 0.1) is 0 Å². The van der Waals surface area contributed by atoms with Crippen LogP contribution < -0.4 is 16.3 Å². The van der Waals surface area contributed by atoms with Crippen LogP contribution in [0.1, 0.15) is 72.5 Å². The van der Waals surface area contributed by atoms with E-state index in [1.54, 1.807) is 4.68 Å². The Balaban J connectivity index is 0.00000392. The van der Waals surface area contributed by atoms with Crippen molar-refractivity contribution in [2.45, 2.75) is 92.3 Å². The van der Waals surface area contributed by atoms with Crippen molar-refractivity contribution in [1.82, 2.24) is 25.0 Å². The summed E-state index contributed by atoms with van der Waals surface area (Å²) >= 11 is 0. The normalized spacial score (nSPS) is 15.5. The van der Waals surface area contributed by atoms with E-state index in [0.29, 0.717) is 24.5 Å². The zero-order valence-electron chi connectivity index (χ0n) is 18.3. The molecule has 1 atom stereocenters. The van der Waals surface area contributed by atoms with Crippen LogP contribution in [0.5, 0.6) is 0 Å². The lowest BCUT2D eigenvalue weighted by molar-refractivity contribution is 0.346. The van der Waals surface area contributed by atoms with E-state index in [0.717, 1.165) is 57.0 Å². The molecule has 1 unspecified atom stereocenters. The fourth-order valence-electron chi connectivity index (χ4n) is 3.28. The third-order valence-corrected chi connectivity index (χ3v) is 4.88. The summed E-state index contributed by atoms with van der Waals surface area (Å²) in [5.74, 6) is 1.80. The zero-order chi connectivity index (χ0) is 19.9. The lowest BCUT2D eigenvalue weighted by Gasteiger charge is -2.23. The summed E-state index contributed by atoms with van der Waals surface area (Å²) in [7, 11) is 0. The first-order valence-corrected chi connectivity index (χ1v) is 10.5. The molecular formula is C20H39IN6O. The molecule has 1 aliphatic rings. The van der Waals surface area contributed by atoms with Gasteiger partial charge in [-0.2, -0.15) is 5.10 Å². The van der Waals surface area contributed by atoms with Crippen LogP contribution in [0, 0.1) is 5.41 Å². The number of halogens is 1. The maximum atomic E-state index is 12.3. The Bertz CT molecular complexity index is 673. The van der Waals surface area contributed by atoms with Gasteiger partial charge in [-0.3, -0.25) is 9.56 Å². The molecule has 0 spiro atoms. The summed E-state index contributed by atoms with van der Waals surface area (Å²) in [4.78, 5) is 17.0. The van der Waals surface area contributed by atoms with Gasteiger partial charge in [0, 0.05) is 38.6 Å². The monoisotopic (exact) mass is 506 g/mol. The Morgan fingerprint density at radius 1 is 1.32 bits per heavy atom. The minimum Gasteiger partial charge on any atom is -0.357 e. The molecule has 0 radical (unpaired) electrons. The molecule has 7 nitrogen and oxygen atoms in total. The van der Waals surface area contributed by atoms with E-state index in [1.807, 2.05) is 4.57 Å². The van der Waals surface area contributed by atoms with Gasteiger partial charge < -0.3 is 10.6 Å². The van der Waals surface area contributed by atoms with E-state index in [1.165, 1.54) is 6.42 Å². The molecule has 2 heterocycles. The molecule has 1 aromatic heterocycles. The summed E-state index contributed by atoms with van der Waals surface area (Å²) in [5.41, 5.74) is 0.386. The Hall–Kier alpha value is -1.06. The van der Waals surface area contributed by atoms with E-state index >= 15 is 0 Å². The van der Waals surface area contributed by atoms with Gasteiger partial charge in [-0.25, -0.2) is 9.48 Å². The van der Waals surface area contributed by atoms with Crippen molar-refractivity contribution in [2.24, 2.45) is 10.4 Å². The molecule has 0 bridgehead atoms. The van der Waals surface area contributed by atoms with Crippen LogP contribution in [0.25, 0.3) is 0 Å². The van der Waals surface area contributed by atoms with Crippen LogP contribution in [-0.4, -0.2) is 39.4 Å². The number of rotatable bonds is 8. The molecular weight excluding hydrogens is 467 g/mol. The molecule has 0 saturated carbocycles. The Morgan fingerprint density at radius 2 is 2.07 bits per heavy atom. The number of aliphatic imine (C=N–C) groups is 1. The molecule has 2 N–H and O–H groups in total. The van der Waals surface area contributed by atoms with Crippen LogP contribution in [-0.2, 0) is 19.5 Å². The number of nitrogens with one attached hydrogen (secondary N) is 2. The molecule has 8 heteroatoms. The van der Waals surface area contributed by atoms with E-state index in [-0.39, 0.29) is 29.7 Å². The number of fused-ring (bicyclic) bond motifs is 1. The largest absolute Gasteiger partial charge is 0.357 e. The van der Waals surface area contributed by atoms with Crippen molar-refractivity contribution in [2.75, 3.05) is 13.1 Å². The molecule has 0 aromatic carbocycles. The number of aryl methyl sites for hydroxylation is 2. The van der Waals surface area contributed by atoms with Gasteiger partial charge in [0.25, 0.3) is 0 Å². The summed E-state index contributed by atoms with van der Waals surface area (Å²) in [5, 5.41) is 11.3. The van der Waals surface area contributed by atoms with E-state index in [4.69, 9.17) is 0 Å². The first-order chi connectivity index (χ1) is 12.8. The maximum absolute atomic E-state index is 12.3. The van der Waals surface area contributed by atoms with Crippen molar-refractivity contribution >= 4 is 29.9 Å². The highest BCUT2D eigenvalue weighted by molar-refractivity contribution is 14.0. The van der Waals surface area contributed by atoms with Gasteiger partial charge >= 0.3 is 5.69 Å². The third kappa shape index (κ3) is 8.13. The van der Waals surface area contributed by atoms with Gasteiger partial charge in [-0.05, 0) is 51.4 Å². The molecule has 1 aliphatic heterocycles. The molecule has 1 aromatic rings. The van der Waals surface area contributed by atoms with Crippen molar-refractivity contribution in [1.29, 1.82) is 0 Å². The second-order valence-corrected chi connectivity index (χ2v) is 8.79. The van der Waals surface area contributed by atoms with Crippen LogP contribution >= 0.6 is 24.0 Å². The Labute approximate surface area is 186 Å². The van der Waals surface area contributed by atoms with Crippen molar-refractivity contribution in [3.63, 3.8) is 0 Å². The summed E-state index contributed by atoms with van der Waals surface area (Å²) in [6.07, 6.45) is 6.22. The predicted molar refractivity (Wildman–Crippen MR) is 127 cm³/mol. The number of hydrogen-bond acceptors (Lipinski definition) is 3. The van der Waals surface area contributed by atoms with Crippen LogP contribution in [0.2, 0.25) is 0 Å². The summed E-state index contributed by atoms with van der Waals surface area (Å²) < 4.78 is 3.44. The SMILES string of the molecule is CCNC(=NCCCn1nc2n(c1=O)CCCC2)NC(C)CCC(C)(C)C.I. The molecule has 0 aliphatic carbocycles. The highest BCUT2D eigenvalue weighted by Crippen LogP contribution is 2.21. The van der Waals surface area contributed by atoms with Gasteiger partial charge in [-0.15, -0.1) is 24.0 Å². The van der Waals surface area contributed by atoms with Gasteiger partial charge in [0.2, 0.25) is 0 Å². The van der Waals surface area contributed by atoms with Crippen LogP contribution in [0.4, 0.5) is 0 Å². The fourth-order valence-corrected chi connectivity index (χ4v) is 3.28. The van der Waals surface area contributed by atoms with Gasteiger partial charge in [0.15, 0.2) is 5.96 Å². The van der Waals surface area contributed by atoms with E-state index in [2.05, 4.69) is 55.3 Å². The lowest BCUT2D eigenvalue weighted by atomic mass is 9.89. The second kappa shape index (κ2) is 11.8. The Morgan fingerprint density at radius 3 is 2.71 bits per heavy atom. The van der Waals surface area contributed by atoms with E-state index in [9.17, 15) is 4.79 Å². The van der Waals surface area contributed by atoms with E-state index < -0.39 is 0 Å². The van der Waals surface area contributed by atoms with Gasteiger partial charge in [-0.1, -0.05) is 20.8 Å². The molecule has 0 amide bonds. The fraction of sp³-hybridized carbons (Fsp3) is 0.850. The molecule has 0 saturated heterocycles. The van der Waals surface area contributed by atoms with Crippen LogP contribution in [0.15, 0.2) is 9.79 Å². The number of guanidine groups is 1. The molecule has 0 fully saturated rings. The minimum atomic E-state index is 0. The van der Waals surface area contributed by atoms with Gasteiger partial charge in [0.1, 0.15) is 5.82 Å². The second-order valence-electron chi connectivity index (χ2n) is 8.79. The van der Waals surface area contributed by atoms with Crippen molar-refractivity contribution in [3.05, 3.63) is 16.3 Å². The summed E-state index contributed by atoms with van der Waals surface area (Å²) in [6, 6.07) is 0.379. The topological polar surface area (TPSA) is 76.2 Å². The number of nitrogens with zero attached hydrogens (tertiary/aromatic N) is 4.